The van der Waals surface area contributed by atoms with E-state index in [-0.39, 0.29) is 30.6 Å². The first-order valence-electron chi connectivity index (χ1n) is 6.36. The Morgan fingerprint density at radius 1 is 1.35 bits per heavy atom. The molecular weight excluding hydrogens is 280 g/mol. The van der Waals surface area contributed by atoms with Crippen LogP contribution in [0.15, 0.2) is 30.3 Å². The molecule has 0 aromatic heterocycles. The molecule has 0 saturated carbocycles. The van der Waals surface area contributed by atoms with Crippen LogP contribution in [0.1, 0.15) is 18.0 Å². The molecule has 1 fully saturated rings. The number of carbonyl (C=O) groups is 1. The van der Waals surface area contributed by atoms with E-state index in [2.05, 4.69) is 0 Å². The maximum absolute atomic E-state index is 12.0. The molecule has 1 aliphatic rings. The monoisotopic (exact) mass is 298 g/mol. The van der Waals surface area contributed by atoms with Gasteiger partial charge in [-0.1, -0.05) is 30.3 Å². The number of nitrogens with zero attached hydrogens (tertiary/aromatic N) is 1. The Morgan fingerprint density at radius 2 is 2.00 bits per heavy atom. The molecule has 0 bridgehead atoms. The SMILES string of the molecule is NS(=O)(=O)CC1CC(=O)N([C@@H](CO)c2ccccc2)C1. The van der Waals surface area contributed by atoms with Crippen LogP contribution in [0, 0.1) is 5.92 Å². The highest BCUT2D eigenvalue weighted by Crippen LogP contribution is 2.28. The lowest BCUT2D eigenvalue weighted by Gasteiger charge is -2.27. The molecule has 7 heteroatoms. The molecule has 0 spiro atoms. The molecular formula is C13H18N2O4S. The molecule has 1 saturated heterocycles. The molecule has 1 aliphatic heterocycles. The van der Waals surface area contributed by atoms with Gasteiger partial charge in [-0.3, -0.25) is 4.79 Å². The van der Waals surface area contributed by atoms with Crippen molar-refractivity contribution in [3.8, 4) is 0 Å². The fraction of sp³-hybridized carbons (Fsp3) is 0.462. The fourth-order valence-corrected chi connectivity index (χ4v) is 3.49. The summed E-state index contributed by atoms with van der Waals surface area (Å²) >= 11 is 0. The van der Waals surface area contributed by atoms with Crippen LogP contribution in [0.4, 0.5) is 0 Å². The van der Waals surface area contributed by atoms with Crippen molar-refractivity contribution in [1.29, 1.82) is 0 Å². The second-order valence-electron chi connectivity index (χ2n) is 5.05. The largest absolute Gasteiger partial charge is 0.394 e. The summed E-state index contributed by atoms with van der Waals surface area (Å²) in [6.07, 6.45) is 0.153. The van der Waals surface area contributed by atoms with E-state index in [0.29, 0.717) is 6.54 Å². The van der Waals surface area contributed by atoms with Crippen LogP contribution < -0.4 is 5.14 Å². The van der Waals surface area contributed by atoms with Crippen molar-refractivity contribution in [1.82, 2.24) is 4.90 Å². The predicted molar refractivity (Wildman–Crippen MR) is 74.1 cm³/mol. The van der Waals surface area contributed by atoms with Gasteiger partial charge in [0.05, 0.1) is 18.4 Å². The second-order valence-corrected chi connectivity index (χ2v) is 6.71. The number of aliphatic hydroxyl groups excluding tert-OH is 1. The number of benzene rings is 1. The molecule has 1 amide bonds. The van der Waals surface area contributed by atoms with Gasteiger partial charge in [-0.2, -0.15) is 0 Å². The zero-order valence-corrected chi connectivity index (χ0v) is 11.8. The molecule has 110 valence electrons. The number of sulfonamides is 1. The minimum atomic E-state index is -3.59. The molecule has 1 heterocycles. The number of hydrogen-bond donors (Lipinski definition) is 2. The third-order valence-electron chi connectivity index (χ3n) is 3.44. The zero-order chi connectivity index (χ0) is 14.8. The maximum Gasteiger partial charge on any atom is 0.223 e. The van der Waals surface area contributed by atoms with Gasteiger partial charge in [0.1, 0.15) is 0 Å². The Morgan fingerprint density at radius 3 is 2.55 bits per heavy atom. The molecule has 6 nitrogen and oxygen atoms in total. The molecule has 1 aromatic carbocycles. The molecule has 1 aromatic rings. The van der Waals surface area contributed by atoms with Crippen LogP contribution in [0.5, 0.6) is 0 Å². The Labute approximate surface area is 118 Å². The van der Waals surface area contributed by atoms with E-state index < -0.39 is 16.1 Å². The first kappa shape index (κ1) is 15.0. The summed E-state index contributed by atoms with van der Waals surface area (Å²) in [5, 5.41) is 14.6. The first-order chi connectivity index (χ1) is 9.40. The van der Waals surface area contributed by atoms with E-state index in [4.69, 9.17) is 5.14 Å². The quantitative estimate of drug-likeness (QED) is 0.790. The standard InChI is InChI=1S/C13H18N2O4S/c14-20(18,19)9-10-6-13(17)15(7-10)12(8-16)11-4-2-1-3-5-11/h1-5,10,12,16H,6-9H2,(H2,14,18,19)/t10?,12-/m0/s1. The molecule has 1 unspecified atom stereocenters. The van der Waals surface area contributed by atoms with Crippen molar-refractivity contribution in [3.63, 3.8) is 0 Å². The van der Waals surface area contributed by atoms with Gasteiger partial charge in [0.2, 0.25) is 15.9 Å². The van der Waals surface area contributed by atoms with Crippen molar-refractivity contribution in [3.05, 3.63) is 35.9 Å². The van der Waals surface area contributed by atoms with E-state index in [1.54, 1.807) is 0 Å². The Bertz CT molecular complexity index is 573. The topological polar surface area (TPSA) is 101 Å². The third kappa shape index (κ3) is 3.56. The van der Waals surface area contributed by atoms with Crippen molar-refractivity contribution < 1.29 is 18.3 Å². The van der Waals surface area contributed by atoms with Gasteiger partial charge in [0.25, 0.3) is 0 Å². The van der Waals surface area contributed by atoms with E-state index in [1.807, 2.05) is 30.3 Å². The molecule has 3 N–H and O–H groups in total. The number of aliphatic hydroxyl groups is 1. The summed E-state index contributed by atoms with van der Waals surface area (Å²) < 4.78 is 22.2. The van der Waals surface area contributed by atoms with Gasteiger partial charge in [0, 0.05) is 18.9 Å². The van der Waals surface area contributed by atoms with Gasteiger partial charge in [-0.05, 0) is 5.56 Å². The number of rotatable bonds is 5. The van der Waals surface area contributed by atoms with Gasteiger partial charge >= 0.3 is 0 Å². The van der Waals surface area contributed by atoms with E-state index in [0.717, 1.165) is 5.56 Å². The van der Waals surface area contributed by atoms with Crippen LogP contribution in [-0.4, -0.2) is 43.2 Å². The lowest BCUT2D eigenvalue weighted by molar-refractivity contribution is -0.130. The normalized spacial score (nSPS) is 21.2. The van der Waals surface area contributed by atoms with E-state index in [9.17, 15) is 18.3 Å². The second kappa shape index (κ2) is 5.90. The third-order valence-corrected chi connectivity index (χ3v) is 4.38. The van der Waals surface area contributed by atoms with Gasteiger partial charge in [-0.15, -0.1) is 0 Å². The summed E-state index contributed by atoms with van der Waals surface area (Å²) in [6, 6.07) is 8.76. The van der Waals surface area contributed by atoms with Gasteiger partial charge < -0.3 is 10.0 Å². The Hall–Kier alpha value is -1.44. The molecule has 0 aliphatic carbocycles. The first-order valence-corrected chi connectivity index (χ1v) is 8.08. The van der Waals surface area contributed by atoms with Crippen LogP contribution >= 0.6 is 0 Å². The lowest BCUT2D eigenvalue weighted by atomic mass is 10.1. The highest BCUT2D eigenvalue weighted by atomic mass is 32.2. The Balaban J connectivity index is 2.14. The van der Waals surface area contributed by atoms with E-state index >= 15 is 0 Å². The number of carbonyl (C=O) groups excluding carboxylic acids is 1. The van der Waals surface area contributed by atoms with Crippen molar-refractivity contribution >= 4 is 15.9 Å². The van der Waals surface area contributed by atoms with E-state index in [1.165, 1.54) is 4.90 Å². The highest BCUT2D eigenvalue weighted by molar-refractivity contribution is 7.89. The number of likely N-dealkylation sites (tertiary alicyclic amines) is 1. The minimum absolute atomic E-state index is 0.151. The summed E-state index contributed by atoms with van der Waals surface area (Å²) in [4.78, 5) is 13.6. The minimum Gasteiger partial charge on any atom is -0.394 e. The van der Waals surface area contributed by atoms with Crippen LogP contribution in [0.3, 0.4) is 0 Å². The maximum atomic E-state index is 12.0. The van der Waals surface area contributed by atoms with Gasteiger partial charge in [-0.25, -0.2) is 13.6 Å². The average molecular weight is 298 g/mol. The summed E-state index contributed by atoms with van der Waals surface area (Å²) in [7, 11) is -3.59. The number of hydrogen-bond acceptors (Lipinski definition) is 4. The van der Waals surface area contributed by atoms with Gasteiger partial charge in [0.15, 0.2) is 0 Å². The predicted octanol–water partition coefficient (Wildman–Crippen LogP) is -0.143. The number of amides is 1. The average Bonchev–Trinajstić information content (AvgIpc) is 2.70. The van der Waals surface area contributed by atoms with Crippen molar-refractivity contribution in [2.24, 2.45) is 11.1 Å². The smallest absolute Gasteiger partial charge is 0.223 e. The van der Waals surface area contributed by atoms with Crippen LogP contribution in [0.2, 0.25) is 0 Å². The van der Waals surface area contributed by atoms with Crippen LogP contribution in [-0.2, 0) is 14.8 Å². The number of primary sulfonamides is 1. The molecule has 2 rings (SSSR count). The van der Waals surface area contributed by atoms with Crippen molar-refractivity contribution in [2.75, 3.05) is 18.9 Å². The number of nitrogens with two attached hydrogens (primary N) is 1. The Kier molecular flexibility index (Phi) is 4.42. The summed E-state index contributed by atoms with van der Waals surface area (Å²) in [6.45, 7) is 0.104. The zero-order valence-electron chi connectivity index (χ0n) is 11.0. The highest BCUT2D eigenvalue weighted by Gasteiger charge is 2.36. The molecule has 20 heavy (non-hydrogen) atoms. The fourth-order valence-electron chi connectivity index (χ4n) is 2.61. The summed E-state index contributed by atoms with van der Waals surface area (Å²) in [5.41, 5.74) is 0.833. The van der Waals surface area contributed by atoms with Crippen molar-refractivity contribution in [2.45, 2.75) is 12.5 Å². The molecule has 2 atom stereocenters. The molecule has 0 radical (unpaired) electrons. The lowest BCUT2D eigenvalue weighted by Crippen LogP contribution is -2.33. The van der Waals surface area contributed by atoms with Crippen LogP contribution in [0.25, 0.3) is 0 Å². The summed E-state index contributed by atoms with van der Waals surface area (Å²) in [5.74, 6) is -0.667.